The van der Waals surface area contributed by atoms with Gasteiger partial charge in [-0.3, -0.25) is 0 Å². The average Bonchev–Trinajstić information content (AvgIpc) is 3.44. The van der Waals surface area contributed by atoms with E-state index in [0.717, 1.165) is 25.7 Å². The van der Waals surface area contributed by atoms with Crippen LogP contribution in [0.15, 0.2) is 11.6 Å². The minimum absolute atomic E-state index is 0.0557. The van der Waals surface area contributed by atoms with E-state index >= 15 is 0 Å². The molecular formula is C35H54O10. The molecule has 3 heterocycles. The topological polar surface area (TPSA) is 158 Å². The van der Waals surface area contributed by atoms with Crippen LogP contribution in [0.25, 0.3) is 0 Å². The van der Waals surface area contributed by atoms with Crippen molar-refractivity contribution in [2.45, 2.75) is 154 Å². The zero-order valence-corrected chi connectivity index (χ0v) is 27.8. The van der Waals surface area contributed by atoms with E-state index in [1.54, 1.807) is 13.8 Å². The monoisotopic (exact) mass is 634 g/mol. The van der Waals surface area contributed by atoms with Gasteiger partial charge < -0.3 is 49.6 Å². The number of hydrogen-bond donors (Lipinski definition) is 6. The summed E-state index contributed by atoms with van der Waals surface area (Å²) in [7, 11) is 0. The van der Waals surface area contributed by atoms with Gasteiger partial charge in [-0.1, -0.05) is 46.3 Å². The van der Waals surface area contributed by atoms with Crippen molar-refractivity contribution in [2.75, 3.05) is 6.61 Å². The maximum Gasteiger partial charge on any atom is 0.200 e. The number of allylic oxidation sites excluding steroid dienone is 1. The fourth-order valence-corrected chi connectivity index (χ4v) is 13.2. The normalized spacial score (nSPS) is 61.0. The van der Waals surface area contributed by atoms with Crippen molar-refractivity contribution in [3.63, 3.8) is 0 Å². The van der Waals surface area contributed by atoms with Gasteiger partial charge in [-0.05, 0) is 75.0 Å². The van der Waals surface area contributed by atoms with Crippen LogP contribution in [-0.4, -0.2) is 104 Å². The summed E-state index contributed by atoms with van der Waals surface area (Å²) in [6.45, 7) is 14.3. The maximum atomic E-state index is 12.6. The molecule has 0 aromatic rings. The number of hydrogen-bond acceptors (Lipinski definition) is 10. The van der Waals surface area contributed by atoms with Crippen LogP contribution in [0.2, 0.25) is 0 Å². The van der Waals surface area contributed by atoms with E-state index in [0.29, 0.717) is 12.8 Å². The number of fused-ring (bicyclic) bond motifs is 4. The van der Waals surface area contributed by atoms with Crippen LogP contribution in [-0.2, 0) is 18.9 Å². The third-order valence-corrected chi connectivity index (χ3v) is 15.3. The molecule has 2 bridgehead atoms. The van der Waals surface area contributed by atoms with Gasteiger partial charge in [0, 0.05) is 22.2 Å². The molecule has 7 fully saturated rings. The Morgan fingerprint density at radius 2 is 1.71 bits per heavy atom. The van der Waals surface area contributed by atoms with Crippen LogP contribution in [0.1, 0.15) is 87.0 Å². The molecule has 45 heavy (non-hydrogen) atoms. The van der Waals surface area contributed by atoms with E-state index in [-0.39, 0.29) is 52.8 Å². The zero-order valence-electron chi connectivity index (χ0n) is 27.8. The smallest absolute Gasteiger partial charge is 0.200 e. The van der Waals surface area contributed by atoms with Crippen molar-refractivity contribution < 1.29 is 49.6 Å². The SMILES string of the molecule is C[C@@H]1C[C@H]2O[C@]3(O[C@@H]2C(C)(C)O)C1[C@@]1(C)[C@H](O)C[C@@]24C[C@@]25CC[C@H](O[C@@H]2OC[C@@H](O)[C@H](O)[C@H]2O)C(C)(C)[C@@H]5CC=C4[C@]1(C)[C@H]3O. The van der Waals surface area contributed by atoms with Crippen LogP contribution in [0.3, 0.4) is 0 Å². The van der Waals surface area contributed by atoms with Crippen LogP contribution < -0.4 is 0 Å². The molecule has 5 aliphatic carbocycles. The van der Waals surface area contributed by atoms with Gasteiger partial charge in [0.15, 0.2) is 12.1 Å². The summed E-state index contributed by atoms with van der Waals surface area (Å²) >= 11 is 0. The predicted molar refractivity (Wildman–Crippen MR) is 160 cm³/mol. The average molecular weight is 635 g/mol. The molecule has 0 amide bonds. The summed E-state index contributed by atoms with van der Waals surface area (Å²) < 4.78 is 25.5. The number of aliphatic hydroxyl groups is 6. The summed E-state index contributed by atoms with van der Waals surface area (Å²) in [5.41, 5.74) is -2.00. The number of aliphatic hydroxyl groups excluding tert-OH is 5. The quantitative estimate of drug-likeness (QED) is 0.254. The summed E-state index contributed by atoms with van der Waals surface area (Å²) in [4.78, 5) is 0. The van der Waals surface area contributed by atoms with Crippen LogP contribution >= 0.6 is 0 Å². The molecule has 0 radical (unpaired) electrons. The second kappa shape index (κ2) is 9.11. The molecule has 0 aromatic heterocycles. The largest absolute Gasteiger partial charge is 0.392 e. The molecule has 4 saturated carbocycles. The molecule has 3 saturated heterocycles. The van der Waals surface area contributed by atoms with E-state index in [2.05, 4.69) is 40.7 Å². The van der Waals surface area contributed by atoms with Gasteiger partial charge >= 0.3 is 0 Å². The first kappa shape index (κ1) is 31.6. The highest BCUT2D eigenvalue weighted by molar-refractivity contribution is 5.49. The molecule has 254 valence electrons. The Bertz CT molecular complexity index is 1300. The van der Waals surface area contributed by atoms with Crippen molar-refractivity contribution in [3.05, 3.63) is 11.6 Å². The summed E-state index contributed by atoms with van der Waals surface area (Å²) in [6.07, 6.45) is -0.571. The fraction of sp³-hybridized carbons (Fsp3) is 0.943. The molecule has 6 N–H and O–H groups in total. The van der Waals surface area contributed by atoms with Crippen LogP contribution in [0.4, 0.5) is 0 Å². The second-order valence-electron chi connectivity index (χ2n) is 17.9. The van der Waals surface area contributed by atoms with Crippen LogP contribution in [0.5, 0.6) is 0 Å². The van der Waals surface area contributed by atoms with Gasteiger partial charge in [0.05, 0.1) is 30.5 Å². The van der Waals surface area contributed by atoms with Crippen molar-refractivity contribution in [1.29, 1.82) is 0 Å². The Morgan fingerprint density at radius 1 is 1.00 bits per heavy atom. The summed E-state index contributed by atoms with van der Waals surface area (Å²) in [6, 6.07) is 0. The Hall–Kier alpha value is -0.660. The Kier molecular flexibility index (Phi) is 6.40. The minimum atomic E-state index is -1.33. The lowest BCUT2D eigenvalue weighted by atomic mass is 9.44. The lowest BCUT2D eigenvalue weighted by Gasteiger charge is -2.61. The molecule has 3 spiro atoms. The Labute approximate surface area is 266 Å². The summed E-state index contributed by atoms with van der Waals surface area (Å²) in [5.74, 6) is -1.18. The van der Waals surface area contributed by atoms with Crippen LogP contribution in [0, 0.1) is 44.8 Å². The van der Waals surface area contributed by atoms with E-state index in [1.807, 2.05) is 0 Å². The first-order chi connectivity index (χ1) is 20.8. The Balaban J connectivity index is 1.15. The van der Waals surface area contributed by atoms with Crippen molar-refractivity contribution in [1.82, 2.24) is 0 Å². The highest BCUT2D eigenvalue weighted by Gasteiger charge is 2.88. The number of rotatable bonds is 3. The fourth-order valence-electron chi connectivity index (χ4n) is 13.2. The van der Waals surface area contributed by atoms with Gasteiger partial charge in [0.2, 0.25) is 0 Å². The van der Waals surface area contributed by atoms with Gasteiger partial charge in [0.25, 0.3) is 0 Å². The molecule has 3 aliphatic heterocycles. The van der Waals surface area contributed by atoms with Gasteiger partial charge in [0.1, 0.15) is 30.5 Å². The molecule has 10 heteroatoms. The lowest BCUT2D eigenvalue weighted by Crippen LogP contribution is -2.61. The third-order valence-electron chi connectivity index (χ3n) is 15.3. The second-order valence-corrected chi connectivity index (χ2v) is 17.9. The van der Waals surface area contributed by atoms with E-state index in [4.69, 9.17) is 18.9 Å². The highest BCUT2D eigenvalue weighted by atomic mass is 16.8. The van der Waals surface area contributed by atoms with Crippen molar-refractivity contribution in [2.24, 2.45) is 44.8 Å². The Morgan fingerprint density at radius 3 is 2.40 bits per heavy atom. The molecule has 8 rings (SSSR count). The number of ether oxygens (including phenoxy) is 4. The standard InChI is InChI=1S/C35H54O10/c1-16-12-18-26(30(4,5)41)45-35(44-18)25(16)32(7)21(37)13-34-15-33(34)11-10-22(43-27-24(39)23(38)17(36)14-42-27)29(2,3)19(33)8-9-20(34)31(32,6)28(35)40/h9,16-19,21-28,36-41H,8,10-15H2,1-7H3/t16-,17-,18-,19+,21-,22+,23+,24-,25?,26+,27+,28-,31-,32-,33-,34+,35+/m1/s1. The van der Waals surface area contributed by atoms with Gasteiger partial charge in [-0.15, -0.1) is 0 Å². The van der Waals surface area contributed by atoms with Gasteiger partial charge in [-0.2, -0.15) is 0 Å². The molecule has 0 aromatic carbocycles. The maximum absolute atomic E-state index is 12.6. The predicted octanol–water partition coefficient (Wildman–Crippen LogP) is 2.01. The first-order valence-electron chi connectivity index (χ1n) is 17.3. The highest BCUT2D eigenvalue weighted by Crippen LogP contribution is 2.89. The molecule has 17 atom stereocenters. The van der Waals surface area contributed by atoms with Crippen molar-refractivity contribution in [3.8, 4) is 0 Å². The zero-order chi connectivity index (χ0) is 32.5. The molecular weight excluding hydrogens is 580 g/mol. The molecule has 1 unspecified atom stereocenters. The minimum Gasteiger partial charge on any atom is -0.392 e. The lowest BCUT2D eigenvalue weighted by molar-refractivity contribution is -0.301. The van der Waals surface area contributed by atoms with E-state index in [9.17, 15) is 30.6 Å². The van der Waals surface area contributed by atoms with E-state index < -0.39 is 65.1 Å². The molecule has 8 aliphatic rings. The summed E-state index contributed by atoms with van der Waals surface area (Å²) in [5, 5.41) is 66.9. The van der Waals surface area contributed by atoms with E-state index in [1.165, 1.54) is 5.57 Å². The molecule has 10 nitrogen and oxygen atoms in total. The first-order valence-corrected chi connectivity index (χ1v) is 17.3. The van der Waals surface area contributed by atoms with Gasteiger partial charge in [-0.25, -0.2) is 0 Å². The van der Waals surface area contributed by atoms with Crippen molar-refractivity contribution >= 4 is 0 Å². The third kappa shape index (κ3) is 3.46.